The Labute approximate surface area is 203 Å². The number of carbonyl (C=O) groups excluding carboxylic acids is 1. The minimum Gasteiger partial charge on any atom is -0.377 e. The monoisotopic (exact) mass is 510 g/mol. The molecule has 34 heavy (non-hydrogen) atoms. The van der Waals surface area contributed by atoms with E-state index in [9.17, 15) is 18.0 Å². The lowest BCUT2D eigenvalue weighted by molar-refractivity contribution is -0.137. The highest BCUT2D eigenvalue weighted by molar-refractivity contribution is 7.99. The van der Waals surface area contributed by atoms with Gasteiger partial charge in [-0.25, -0.2) is 0 Å². The number of carbonyl (C=O) groups is 1. The number of benzene rings is 2. The van der Waals surface area contributed by atoms with Gasteiger partial charge in [0.2, 0.25) is 0 Å². The average Bonchev–Trinajstić information content (AvgIpc) is 3.46. The summed E-state index contributed by atoms with van der Waals surface area (Å²) in [6.45, 7) is 1.22. The highest BCUT2D eigenvalue weighted by Crippen LogP contribution is 2.32. The molecule has 1 aliphatic rings. The number of halogens is 4. The predicted molar refractivity (Wildman–Crippen MR) is 123 cm³/mol. The second kappa shape index (κ2) is 10.8. The molecule has 0 bridgehead atoms. The van der Waals surface area contributed by atoms with Gasteiger partial charge >= 0.3 is 6.18 Å². The summed E-state index contributed by atoms with van der Waals surface area (Å²) in [7, 11) is 0. The van der Waals surface area contributed by atoms with E-state index in [-0.39, 0.29) is 23.2 Å². The molecule has 180 valence electrons. The summed E-state index contributed by atoms with van der Waals surface area (Å²) in [4.78, 5) is 12.7. The zero-order valence-corrected chi connectivity index (χ0v) is 19.6. The van der Waals surface area contributed by atoms with Gasteiger partial charge in [-0.1, -0.05) is 53.7 Å². The molecule has 6 nitrogen and oxygen atoms in total. The Kier molecular flexibility index (Phi) is 7.80. The van der Waals surface area contributed by atoms with Gasteiger partial charge in [-0.3, -0.25) is 4.79 Å². The fourth-order valence-corrected chi connectivity index (χ4v) is 4.78. The molecule has 4 rings (SSSR count). The zero-order valence-electron chi connectivity index (χ0n) is 18.0. The van der Waals surface area contributed by atoms with Crippen molar-refractivity contribution < 1.29 is 22.7 Å². The van der Waals surface area contributed by atoms with Crippen molar-refractivity contribution in [3.63, 3.8) is 0 Å². The molecule has 1 N–H and O–H groups in total. The molecular formula is C23H22ClF3N4O2S. The summed E-state index contributed by atoms with van der Waals surface area (Å²) in [6.07, 6.45) is -2.37. The van der Waals surface area contributed by atoms with Crippen molar-refractivity contribution >= 4 is 29.3 Å². The molecule has 2 aromatic carbocycles. The second-order valence-corrected chi connectivity index (χ2v) is 9.19. The van der Waals surface area contributed by atoms with Crippen LogP contribution in [0.2, 0.25) is 5.02 Å². The highest BCUT2D eigenvalue weighted by Gasteiger charge is 2.31. The van der Waals surface area contributed by atoms with Crippen LogP contribution in [0, 0.1) is 0 Å². The molecule has 1 saturated heterocycles. The van der Waals surface area contributed by atoms with E-state index in [1.54, 1.807) is 0 Å². The maximum atomic E-state index is 13.1. The number of alkyl halides is 3. The van der Waals surface area contributed by atoms with E-state index < -0.39 is 17.6 Å². The molecule has 1 amide bonds. The van der Waals surface area contributed by atoms with Crippen molar-refractivity contribution in [3.8, 4) is 0 Å². The molecule has 1 aliphatic heterocycles. The van der Waals surface area contributed by atoms with Crippen LogP contribution in [0.1, 0.15) is 40.2 Å². The molecule has 1 atom stereocenters. The van der Waals surface area contributed by atoms with Crippen molar-refractivity contribution in [3.05, 3.63) is 76.1 Å². The molecule has 1 unspecified atom stereocenters. The zero-order chi connectivity index (χ0) is 24.1. The first-order valence-corrected chi connectivity index (χ1v) is 12.0. The molecule has 0 radical (unpaired) electrons. The Hall–Kier alpha value is -2.56. The third kappa shape index (κ3) is 6.11. The first kappa shape index (κ1) is 24.6. The van der Waals surface area contributed by atoms with E-state index in [2.05, 4.69) is 15.5 Å². The van der Waals surface area contributed by atoms with Crippen LogP contribution in [0.25, 0.3) is 0 Å². The van der Waals surface area contributed by atoms with Gasteiger partial charge in [0.15, 0.2) is 11.0 Å². The number of thioether (sulfide) groups is 1. The molecule has 0 saturated carbocycles. The Morgan fingerprint density at radius 3 is 2.71 bits per heavy atom. The quantitative estimate of drug-likeness (QED) is 0.422. The number of nitrogens with one attached hydrogen (secondary N) is 1. The van der Waals surface area contributed by atoms with Gasteiger partial charge in [0, 0.05) is 12.4 Å². The van der Waals surface area contributed by atoms with E-state index in [1.165, 1.54) is 11.8 Å². The van der Waals surface area contributed by atoms with E-state index in [0.717, 1.165) is 49.0 Å². The van der Waals surface area contributed by atoms with Crippen LogP contribution in [0.4, 0.5) is 13.2 Å². The van der Waals surface area contributed by atoms with Crippen LogP contribution in [0.5, 0.6) is 0 Å². The number of hydrogen-bond acceptors (Lipinski definition) is 5. The maximum Gasteiger partial charge on any atom is 0.416 e. The van der Waals surface area contributed by atoms with Gasteiger partial charge in [0.1, 0.15) is 0 Å². The van der Waals surface area contributed by atoms with Crippen LogP contribution in [-0.2, 0) is 24.0 Å². The van der Waals surface area contributed by atoms with E-state index in [4.69, 9.17) is 16.3 Å². The fraction of sp³-hybridized carbons (Fsp3) is 0.348. The minimum atomic E-state index is -4.58. The summed E-state index contributed by atoms with van der Waals surface area (Å²) >= 11 is 7.52. The predicted octanol–water partition coefficient (Wildman–Crippen LogP) is 5.20. The maximum absolute atomic E-state index is 13.1. The summed E-state index contributed by atoms with van der Waals surface area (Å²) in [5.41, 5.74) is -0.171. The lowest BCUT2D eigenvalue weighted by Crippen LogP contribution is -2.26. The molecule has 2 heterocycles. The van der Waals surface area contributed by atoms with Crippen molar-refractivity contribution in [1.82, 2.24) is 20.1 Å². The highest BCUT2D eigenvalue weighted by atomic mass is 35.5. The standard InChI is InChI=1S/C23H22ClF3N4O2S/c24-19-9-8-16(23(25,26)27)11-18(19)21(32)28-12-20-29-30-22(34-14-17-7-4-10-33-17)31(20)13-15-5-2-1-3-6-15/h1-3,5-6,8-9,11,17H,4,7,10,12-14H2,(H,28,32). The van der Waals surface area contributed by atoms with Crippen LogP contribution in [0.15, 0.2) is 53.7 Å². The molecule has 0 aliphatic carbocycles. The Morgan fingerprint density at radius 1 is 1.21 bits per heavy atom. The van der Waals surface area contributed by atoms with Crippen molar-refractivity contribution in [1.29, 1.82) is 0 Å². The van der Waals surface area contributed by atoms with Crippen LogP contribution < -0.4 is 5.32 Å². The summed E-state index contributed by atoms with van der Waals surface area (Å²) in [5, 5.41) is 11.7. The number of nitrogens with zero attached hydrogens (tertiary/aromatic N) is 3. The summed E-state index contributed by atoms with van der Waals surface area (Å²) < 4.78 is 46.7. The number of aromatic nitrogens is 3. The van der Waals surface area contributed by atoms with Gasteiger partial charge < -0.3 is 14.6 Å². The van der Waals surface area contributed by atoms with Gasteiger partial charge in [-0.05, 0) is 36.6 Å². The normalized spacial score (nSPS) is 16.1. The lowest BCUT2D eigenvalue weighted by Gasteiger charge is -2.13. The van der Waals surface area contributed by atoms with Gasteiger partial charge in [-0.15, -0.1) is 10.2 Å². The summed E-state index contributed by atoms with van der Waals surface area (Å²) in [5.74, 6) is 0.494. The Balaban J connectivity index is 1.51. The average molecular weight is 511 g/mol. The number of rotatable bonds is 8. The first-order valence-electron chi connectivity index (χ1n) is 10.7. The van der Waals surface area contributed by atoms with Gasteiger partial charge in [0.05, 0.1) is 35.3 Å². The third-order valence-electron chi connectivity index (χ3n) is 5.34. The lowest BCUT2D eigenvalue weighted by atomic mass is 10.1. The summed E-state index contributed by atoms with van der Waals surface area (Å²) in [6, 6.07) is 12.4. The SMILES string of the molecule is O=C(NCc1nnc(SCC2CCCO2)n1Cc1ccccc1)c1cc(C(F)(F)F)ccc1Cl. The van der Waals surface area contributed by atoms with E-state index in [0.29, 0.717) is 17.5 Å². The second-order valence-electron chi connectivity index (χ2n) is 7.79. The molecule has 0 spiro atoms. The molecular weight excluding hydrogens is 489 g/mol. The fourth-order valence-electron chi connectivity index (χ4n) is 3.55. The van der Waals surface area contributed by atoms with Crippen molar-refractivity contribution in [2.24, 2.45) is 0 Å². The van der Waals surface area contributed by atoms with E-state index in [1.807, 2.05) is 34.9 Å². The minimum absolute atomic E-state index is 0.0221. The smallest absolute Gasteiger partial charge is 0.377 e. The molecule has 1 aromatic heterocycles. The van der Waals surface area contributed by atoms with Crippen molar-refractivity contribution in [2.75, 3.05) is 12.4 Å². The third-order valence-corrected chi connectivity index (χ3v) is 6.77. The Morgan fingerprint density at radius 2 is 2.00 bits per heavy atom. The van der Waals surface area contributed by atoms with Gasteiger partial charge in [-0.2, -0.15) is 13.2 Å². The topological polar surface area (TPSA) is 69.0 Å². The Bertz CT molecular complexity index is 1130. The molecule has 11 heteroatoms. The number of ether oxygens (including phenoxy) is 1. The van der Waals surface area contributed by atoms with E-state index >= 15 is 0 Å². The molecule has 3 aromatic rings. The van der Waals surface area contributed by atoms with Crippen LogP contribution in [0.3, 0.4) is 0 Å². The first-order chi connectivity index (χ1) is 16.3. The number of amides is 1. The molecule has 1 fully saturated rings. The van der Waals surface area contributed by atoms with Gasteiger partial charge in [0.25, 0.3) is 5.91 Å². The van der Waals surface area contributed by atoms with Crippen LogP contribution in [-0.4, -0.2) is 39.1 Å². The van der Waals surface area contributed by atoms with Crippen molar-refractivity contribution in [2.45, 2.75) is 43.4 Å². The van der Waals surface area contributed by atoms with Crippen LogP contribution >= 0.6 is 23.4 Å². The largest absolute Gasteiger partial charge is 0.416 e. The number of hydrogen-bond donors (Lipinski definition) is 1.